The van der Waals surface area contributed by atoms with E-state index in [1.807, 2.05) is 36.4 Å². The van der Waals surface area contributed by atoms with E-state index >= 15 is 0 Å². The van der Waals surface area contributed by atoms with Crippen LogP contribution >= 0.6 is 11.3 Å². The Morgan fingerprint density at radius 1 is 1.12 bits per heavy atom. The third-order valence-electron chi connectivity index (χ3n) is 2.68. The Labute approximate surface area is 96.5 Å². The lowest BCUT2D eigenvalue weighted by Gasteiger charge is -1.96. The molecule has 0 aliphatic rings. The van der Waals surface area contributed by atoms with Gasteiger partial charge in [0.15, 0.2) is 0 Å². The van der Waals surface area contributed by atoms with Gasteiger partial charge in [-0.05, 0) is 18.2 Å². The fourth-order valence-corrected chi connectivity index (χ4v) is 3.16. The predicted octanol–water partition coefficient (Wildman–Crippen LogP) is 3.51. The molecule has 3 rings (SSSR count). The number of nitrogens with two attached hydrogens (primary N) is 1. The number of nitrogen functional groups attached to an aromatic ring is 1. The van der Waals surface area contributed by atoms with Crippen molar-refractivity contribution in [3.8, 4) is 6.07 Å². The normalized spacial score (nSPS) is 10.7. The molecule has 0 unspecified atom stereocenters. The van der Waals surface area contributed by atoms with Crippen LogP contribution in [-0.4, -0.2) is 0 Å². The molecule has 0 amide bonds. The van der Waals surface area contributed by atoms with Crippen LogP contribution in [0.1, 0.15) is 5.56 Å². The second-order valence-electron chi connectivity index (χ2n) is 3.62. The average molecular weight is 224 g/mol. The monoisotopic (exact) mass is 224 g/mol. The predicted molar refractivity (Wildman–Crippen MR) is 68.5 cm³/mol. The fraction of sp³-hybridized carbons (Fsp3) is 0. The third kappa shape index (κ3) is 1.11. The zero-order valence-electron chi connectivity index (χ0n) is 8.40. The van der Waals surface area contributed by atoms with Gasteiger partial charge in [-0.15, -0.1) is 11.3 Å². The first kappa shape index (κ1) is 9.20. The smallest absolute Gasteiger partial charge is 0.101 e. The molecular weight excluding hydrogens is 216 g/mol. The maximum atomic E-state index is 9.06. The van der Waals surface area contributed by atoms with Crippen LogP contribution in [0.25, 0.3) is 20.2 Å². The summed E-state index contributed by atoms with van der Waals surface area (Å²) in [7, 11) is 0. The Kier molecular flexibility index (Phi) is 1.85. The number of fused-ring (bicyclic) bond motifs is 3. The van der Waals surface area contributed by atoms with Gasteiger partial charge in [0.05, 0.1) is 10.3 Å². The van der Waals surface area contributed by atoms with E-state index in [1.54, 1.807) is 11.3 Å². The SMILES string of the molecule is N#Cc1cccc2c1sc1cccc(N)c12. The number of thiophene rings is 1. The Bertz CT molecular complexity index is 735. The van der Waals surface area contributed by atoms with Crippen molar-refractivity contribution in [2.75, 3.05) is 5.73 Å². The van der Waals surface area contributed by atoms with Gasteiger partial charge >= 0.3 is 0 Å². The van der Waals surface area contributed by atoms with Crippen LogP contribution in [0.2, 0.25) is 0 Å². The first-order valence-electron chi connectivity index (χ1n) is 4.91. The number of anilines is 1. The van der Waals surface area contributed by atoms with Crippen molar-refractivity contribution in [1.29, 1.82) is 5.26 Å². The van der Waals surface area contributed by atoms with Crippen LogP contribution in [0.5, 0.6) is 0 Å². The third-order valence-corrected chi connectivity index (χ3v) is 3.88. The van der Waals surface area contributed by atoms with Gasteiger partial charge in [-0.25, -0.2) is 0 Å². The summed E-state index contributed by atoms with van der Waals surface area (Å²) in [6.45, 7) is 0. The minimum Gasteiger partial charge on any atom is -0.398 e. The highest BCUT2D eigenvalue weighted by Gasteiger charge is 2.09. The number of nitriles is 1. The summed E-state index contributed by atoms with van der Waals surface area (Å²) >= 11 is 1.62. The zero-order chi connectivity index (χ0) is 11.1. The van der Waals surface area contributed by atoms with Crippen molar-refractivity contribution < 1.29 is 0 Å². The van der Waals surface area contributed by atoms with E-state index in [0.29, 0.717) is 0 Å². The minimum absolute atomic E-state index is 0.720. The second kappa shape index (κ2) is 3.22. The molecule has 0 saturated heterocycles. The summed E-state index contributed by atoms with van der Waals surface area (Å²) in [5, 5.41) is 11.2. The lowest BCUT2D eigenvalue weighted by atomic mass is 10.1. The molecule has 1 aromatic heterocycles. The highest BCUT2D eigenvalue weighted by molar-refractivity contribution is 7.26. The highest BCUT2D eigenvalue weighted by atomic mass is 32.1. The lowest BCUT2D eigenvalue weighted by Crippen LogP contribution is -1.83. The Morgan fingerprint density at radius 3 is 2.75 bits per heavy atom. The van der Waals surface area contributed by atoms with Crippen LogP contribution in [0.4, 0.5) is 5.69 Å². The summed E-state index contributed by atoms with van der Waals surface area (Å²) < 4.78 is 2.16. The summed E-state index contributed by atoms with van der Waals surface area (Å²) in [4.78, 5) is 0. The van der Waals surface area contributed by atoms with E-state index in [2.05, 4.69) is 6.07 Å². The molecule has 2 nitrogen and oxygen atoms in total. The van der Waals surface area contributed by atoms with Crippen LogP contribution in [-0.2, 0) is 0 Å². The molecule has 0 atom stereocenters. The van der Waals surface area contributed by atoms with Crippen molar-refractivity contribution in [1.82, 2.24) is 0 Å². The van der Waals surface area contributed by atoms with Gasteiger partial charge < -0.3 is 5.73 Å². The van der Waals surface area contributed by atoms with Gasteiger partial charge in [0.2, 0.25) is 0 Å². The summed E-state index contributed by atoms with van der Waals surface area (Å²) in [6.07, 6.45) is 0. The molecule has 0 bridgehead atoms. The first-order valence-corrected chi connectivity index (χ1v) is 5.73. The van der Waals surface area contributed by atoms with Crippen molar-refractivity contribution in [3.05, 3.63) is 42.0 Å². The Hall–Kier alpha value is -2.05. The number of nitrogens with zero attached hydrogens (tertiary/aromatic N) is 1. The summed E-state index contributed by atoms with van der Waals surface area (Å²) in [6, 6.07) is 13.9. The Morgan fingerprint density at radius 2 is 1.94 bits per heavy atom. The van der Waals surface area contributed by atoms with E-state index in [-0.39, 0.29) is 0 Å². The maximum absolute atomic E-state index is 9.06. The first-order chi connectivity index (χ1) is 7.81. The molecule has 3 heteroatoms. The molecule has 2 aromatic carbocycles. The highest BCUT2D eigenvalue weighted by Crippen LogP contribution is 2.38. The minimum atomic E-state index is 0.720. The van der Waals surface area contributed by atoms with Crippen molar-refractivity contribution in [3.63, 3.8) is 0 Å². The summed E-state index contributed by atoms with van der Waals surface area (Å²) in [5.41, 5.74) is 7.48. The van der Waals surface area contributed by atoms with Gasteiger partial charge in [-0.2, -0.15) is 5.26 Å². The van der Waals surface area contributed by atoms with E-state index in [9.17, 15) is 0 Å². The van der Waals surface area contributed by atoms with Gasteiger partial charge in [-0.3, -0.25) is 0 Å². The molecule has 0 aliphatic carbocycles. The largest absolute Gasteiger partial charge is 0.398 e. The topological polar surface area (TPSA) is 49.8 Å². The molecule has 1 heterocycles. The summed E-state index contributed by atoms with van der Waals surface area (Å²) in [5.74, 6) is 0. The molecule has 0 fully saturated rings. The van der Waals surface area contributed by atoms with E-state index in [4.69, 9.17) is 11.0 Å². The molecule has 16 heavy (non-hydrogen) atoms. The number of hydrogen-bond donors (Lipinski definition) is 1. The molecule has 0 radical (unpaired) electrons. The van der Waals surface area contributed by atoms with E-state index < -0.39 is 0 Å². The molecule has 2 N–H and O–H groups in total. The molecule has 0 aliphatic heterocycles. The average Bonchev–Trinajstić information content (AvgIpc) is 2.68. The fourth-order valence-electron chi connectivity index (χ4n) is 1.96. The second-order valence-corrected chi connectivity index (χ2v) is 4.67. The van der Waals surface area contributed by atoms with Crippen LogP contribution in [0.3, 0.4) is 0 Å². The molecular formula is C13H8N2S. The molecule has 76 valence electrons. The lowest BCUT2D eigenvalue weighted by molar-refractivity contribution is 1.51. The van der Waals surface area contributed by atoms with Gasteiger partial charge in [-0.1, -0.05) is 18.2 Å². The van der Waals surface area contributed by atoms with Gasteiger partial charge in [0.25, 0.3) is 0 Å². The van der Waals surface area contributed by atoms with E-state index in [1.165, 1.54) is 0 Å². The number of benzene rings is 2. The Balaban J connectivity index is 2.63. The van der Waals surface area contributed by atoms with Crippen molar-refractivity contribution in [2.45, 2.75) is 0 Å². The maximum Gasteiger partial charge on any atom is 0.101 e. The van der Waals surface area contributed by atoms with Crippen LogP contribution in [0, 0.1) is 11.3 Å². The number of hydrogen-bond acceptors (Lipinski definition) is 3. The van der Waals surface area contributed by atoms with Gasteiger partial charge in [0, 0.05) is 21.2 Å². The molecule has 3 aromatic rings. The zero-order valence-corrected chi connectivity index (χ0v) is 9.21. The quantitative estimate of drug-likeness (QED) is 0.594. The number of rotatable bonds is 0. The van der Waals surface area contributed by atoms with Gasteiger partial charge in [0.1, 0.15) is 6.07 Å². The van der Waals surface area contributed by atoms with Crippen molar-refractivity contribution >= 4 is 37.2 Å². The van der Waals surface area contributed by atoms with Crippen LogP contribution in [0.15, 0.2) is 36.4 Å². The van der Waals surface area contributed by atoms with Crippen molar-refractivity contribution in [2.24, 2.45) is 0 Å². The molecule has 0 saturated carbocycles. The molecule has 0 spiro atoms. The standard InChI is InChI=1S/C13H8N2S/c14-7-8-3-1-4-9-12-10(15)5-2-6-11(12)16-13(8)9/h1-6H,15H2. The van der Waals surface area contributed by atoms with E-state index in [0.717, 1.165) is 31.4 Å². The van der Waals surface area contributed by atoms with Crippen LogP contribution < -0.4 is 5.73 Å².